The molecule has 3 unspecified atom stereocenters. The van der Waals surface area contributed by atoms with Crippen LogP contribution in [0.2, 0.25) is 5.02 Å². The molecule has 5 fully saturated rings. The van der Waals surface area contributed by atoms with Crippen LogP contribution in [0, 0.1) is 5.92 Å². The molecule has 340 valence electrons. The lowest BCUT2D eigenvalue weighted by Gasteiger charge is -2.47. The summed E-state index contributed by atoms with van der Waals surface area (Å²) in [4.78, 5) is 91.4. The smallest absolute Gasteiger partial charge is 0.293 e. The Kier molecular flexibility index (Phi) is 11.3. The molecule has 2 saturated carbocycles. The SMILES string of the molecule is CCC(=O)COc1cc2cc(Nc3nc(N4CCC(OC5CC(N6CCC7(c8ccc9c(c8)C(=O)N(C8CCC(=O)NC8=O)C9=O)CC7C6)C5)CC4)ncc3Cl)ccc2n(C(C)C)c1=O. The van der Waals surface area contributed by atoms with E-state index >= 15 is 0 Å². The lowest BCUT2D eigenvalue weighted by atomic mass is 9.82. The van der Waals surface area contributed by atoms with Gasteiger partial charge in [0, 0.05) is 61.0 Å². The highest BCUT2D eigenvalue weighted by atomic mass is 35.5. The van der Waals surface area contributed by atoms with Gasteiger partial charge < -0.3 is 24.3 Å². The summed E-state index contributed by atoms with van der Waals surface area (Å²) in [6.07, 6.45) is 8.36. The first kappa shape index (κ1) is 43.2. The van der Waals surface area contributed by atoms with Crippen molar-refractivity contribution in [3.8, 4) is 5.75 Å². The van der Waals surface area contributed by atoms with Crippen LogP contribution in [0.5, 0.6) is 5.75 Å². The summed E-state index contributed by atoms with van der Waals surface area (Å²) in [6.45, 7) is 8.94. The third-order valence-electron chi connectivity index (χ3n) is 14.5. The summed E-state index contributed by atoms with van der Waals surface area (Å²) in [6, 6.07) is 12.4. The fraction of sp³-hybridized carbons (Fsp3) is 0.500. The first-order chi connectivity index (χ1) is 31.3. The van der Waals surface area contributed by atoms with Gasteiger partial charge >= 0.3 is 0 Å². The minimum Gasteiger partial charge on any atom is -0.480 e. The number of hydrogen-bond acceptors (Lipinski definition) is 13. The summed E-state index contributed by atoms with van der Waals surface area (Å²) in [7, 11) is 0. The molecule has 0 bridgehead atoms. The summed E-state index contributed by atoms with van der Waals surface area (Å²) in [5, 5.41) is 6.75. The Morgan fingerprint density at radius 1 is 0.969 bits per heavy atom. The number of amides is 4. The van der Waals surface area contributed by atoms with Gasteiger partial charge in [0.25, 0.3) is 17.4 Å². The molecule has 0 radical (unpaired) electrons. The average molecular weight is 905 g/mol. The van der Waals surface area contributed by atoms with Gasteiger partial charge in [0.05, 0.1) is 35.0 Å². The summed E-state index contributed by atoms with van der Waals surface area (Å²) in [5.41, 5.74) is 2.97. The largest absolute Gasteiger partial charge is 0.480 e. The second-order valence-corrected chi connectivity index (χ2v) is 19.2. The molecule has 6 aliphatic rings. The van der Waals surface area contributed by atoms with Gasteiger partial charge in [-0.1, -0.05) is 24.6 Å². The van der Waals surface area contributed by atoms with Crippen LogP contribution in [0.15, 0.2) is 53.5 Å². The molecular formula is C48H53ClN8O8. The van der Waals surface area contributed by atoms with Crippen LogP contribution in [0.3, 0.4) is 0 Å². The van der Waals surface area contributed by atoms with E-state index < -0.39 is 23.8 Å². The van der Waals surface area contributed by atoms with E-state index in [-0.39, 0.29) is 66.1 Å². The minimum absolute atomic E-state index is 0.00434. The van der Waals surface area contributed by atoms with Crippen molar-refractivity contribution < 1.29 is 33.4 Å². The van der Waals surface area contributed by atoms with Crippen molar-refractivity contribution in [1.82, 2.24) is 29.7 Å². The normalized spacial score (nSPS) is 25.7. The summed E-state index contributed by atoms with van der Waals surface area (Å²) in [5.74, 6) is -0.332. The number of benzene rings is 2. The van der Waals surface area contributed by atoms with Gasteiger partial charge in [0.1, 0.15) is 17.7 Å². The molecule has 4 aliphatic heterocycles. The van der Waals surface area contributed by atoms with Crippen molar-refractivity contribution in [2.75, 3.05) is 43.0 Å². The summed E-state index contributed by atoms with van der Waals surface area (Å²) >= 11 is 6.61. The Morgan fingerprint density at radius 3 is 2.49 bits per heavy atom. The van der Waals surface area contributed by atoms with Crippen LogP contribution < -0.4 is 25.8 Å². The van der Waals surface area contributed by atoms with E-state index in [1.54, 1.807) is 29.8 Å². The number of fused-ring (bicyclic) bond motifs is 3. The molecule has 4 aromatic rings. The monoisotopic (exact) mass is 904 g/mol. The van der Waals surface area contributed by atoms with Crippen molar-refractivity contribution in [3.05, 3.63) is 80.7 Å². The first-order valence-electron chi connectivity index (χ1n) is 22.9. The number of nitrogens with one attached hydrogen (secondary N) is 2. The number of anilines is 3. The number of carbonyl (C=O) groups excluding carboxylic acids is 5. The predicted octanol–water partition coefficient (Wildman–Crippen LogP) is 5.71. The number of rotatable bonds is 13. The number of halogens is 1. The van der Waals surface area contributed by atoms with Gasteiger partial charge in [-0.25, -0.2) is 4.98 Å². The highest BCUT2D eigenvalue weighted by Gasteiger charge is 2.59. The van der Waals surface area contributed by atoms with Gasteiger partial charge in [-0.15, -0.1) is 0 Å². The summed E-state index contributed by atoms with van der Waals surface area (Å²) < 4.78 is 14.0. The van der Waals surface area contributed by atoms with Crippen molar-refractivity contribution in [2.45, 2.75) is 114 Å². The van der Waals surface area contributed by atoms with E-state index in [9.17, 15) is 28.8 Å². The highest BCUT2D eigenvalue weighted by Crippen LogP contribution is 2.60. The van der Waals surface area contributed by atoms with Crippen LogP contribution in [-0.2, 0) is 24.5 Å². The number of pyridine rings is 1. The second kappa shape index (κ2) is 16.9. The lowest BCUT2D eigenvalue weighted by molar-refractivity contribution is -0.136. The average Bonchev–Trinajstić information content (AvgIpc) is 3.97. The number of ether oxygens (including phenoxy) is 2. The van der Waals surface area contributed by atoms with E-state index in [1.807, 2.05) is 44.2 Å². The van der Waals surface area contributed by atoms with Gasteiger partial charge in [0.15, 0.2) is 17.4 Å². The van der Waals surface area contributed by atoms with Gasteiger partial charge in [-0.3, -0.25) is 43.9 Å². The van der Waals surface area contributed by atoms with E-state index in [1.165, 1.54) is 0 Å². The van der Waals surface area contributed by atoms with Crippen LogP contribution in [0.1, 0.15) is 111 Å². The highest BCUT2D eigenvalue weighted by molar-refractivity contribution is 6.33. The number of ketones is 1. The maximum absolute atomic E-state index is 13.5. The van der Waals surface area contributed by atoms with Crippen molar-refractivity contribution in [3.63, 3.8) is 0 Å². The third-order valence-corrected chi connectivity index (χ3v) is 14.8. The topological polar surface area (TPSA) is 185 Å². The Morgan fingerprint density at radius 2 is 1.75 bits per heavy atom. The van der Waals surface area contributed by atoms with Gasteiger partial charge in [0.2, 0.25) is 17.8 Å². The van der Waals surface area contributed by atoms with Crippen molar-refractivity contribution in [1.29, 1.82) is 0 Å². The van der Waals surface area contributed by atoms with Crippen LogP contribution in [0.25, 0.3) is 10.9 Å². The number of likely N-dealkylation sites (tertiary alicyclic amines) is 1. The van der Waals surface area contributed by atoms with Crippen LogP contribution >= 0.6 is 11.6 Å². The fourth-order valence-corrected chi connectivity index (χ4v) is 10.8. The number of piperidine rings is 3. The lowest BCUT2D eigenvalue weighted by Crippen LogP contribution is -2.54. The van der Waals surface area contributed by atoms with Crippen molar-refractivity contribution >= 4 is 69.4 Å². The molecule has 0 spiro atoms. The molecule has 17 heteroatoms. The van der Waals surface area contributed by atoms with E-state index in [4.69, 9.17) is 26.1 Å². The molecular weight excluding hydrogens is 852 g/mol. The predicted molar refractivity (Wildman–Crippen MR) is 242 cm³/mol. The van der Waals surface area contributed by atoms with Crippen molar-refractivity contribution in [2.24, 2.45) is 5.92 Å². The zero-order chi connectivity index (χ0) is 45.3. The molecule has 16 nitrogen and oxygen atoms in total. The Balaban J connectivity index is 0.706. The van der Waals surface area contributed by atoms with Gasteiger partial charge in [-0.2, -0.15) is 4.98 Å². The minimum atomic E-state index is -0.967. The van der Waals surface area contributed by atoms with E-state index in [0.29, 0.717) is 46.3 Å². The molecule has 3 saturated heterocycles. The number of carbonyl (C=O) groups is 5. The maximum atomic E-state index is 13.5. The molecule has 65 heavy (non-hydrogen) atoms. The maximum Gasteiger partial charge on any atom is 0.293 e. The zero-order valence-electron chi connectivity index (χ0n) is 36.8. The number of imide groups is 2. The molecule has 3 atom stereocenters. The Bertz CT molecular complexity index is 2690. The second-order valence-electron chi connectivity index (χ2n) is 18.8. The molecule has 2 aromatic carbocycles. The number of hydrogen-bond donors (Lipinski definition) is 2. The van der Waals surface area contributed by atoms with Crippen LogP contribution in [-0.4, -0.2) is 111 Å². The van der Waals surface area contributed by atoms with Gasteiger partial charge in [-0.05, 0) is 113 Å². The Hall–Kier alpha value is -5.71. The molecule has 6 heterocycles. The van der Waals surface area contributed by atoms with E-state index in [2.05, 4.69) is 25.4 Å². The molecule has 2 aliphatic carbocycles. The number of nitrogens with zero attached hydrogens (tertiary/aromatic N) is 6. The van der Waals surface area contributed by atoms with Crippen LogP contribution in [0.4, 0.5) is 17.5 Å². The first-order valence-corrected chi connectivity index (χ1v) is 23.3. The molecule has 10 rings (SSSR count). The van der Waals surface area contributed by atoms with E-state index in [0.717, 1.165) is 91.8 Å². The fourth-order valence-electron chi connectivity index (χ4n) is 10.7. The third kappa shape index (κ3) is 7.96. The zero-order valence-corrected chi connectivity index (χ0v) is 37.6. The molecule has 2 aromatic heterocycles. The Labute approximate surface area is 381 Å². The number of aromatic nitrogens is 3. The standard InChI is InChI=1S/C48H53ClN8O8/c1-4-32(58)25-64-40-18-27-17-30(6-8-38(27)56(26(2)3)46(40)63)51-42-37(49)23-50-47(53-42)54-14-11-33(12-15-54)65-34-20-31(21-34)55-16-13-48(22-29(48)24-55)28-5-7-35-36(19-28)45(62)57(44(35)61)39-9-10-41(59)52-43(39)60/h5-8,17-19,23,26,29,31,33-34,39H,4,9-16,20-22,24-25H2,1-3H3,(H,50,51,53)(H,52,59,60). The number of Topliss-reactive ketones (excluding diaryl/α,β-unsaturated/α-hetero) is 1. The molecule has 4 amide bonds. The quantitative estimate of drug-likeness (QED) is 0.156. The molecule has 2 N–H and O–H groups in total.